The second kappa shape index (κ2) is 6.70. The number of nitrogens with zero attached hydrogens (tertiary/aromatic N) is 2. The smallest absolute Gasteiger partial charge is 0.229 e. The molecule has 0 spiro atoms. The van der Waals surface area contributed by atoms with E-state index in [0.717, 1.165) is 18.8 Å². The fourth-order valence-corrected chi connectivity index (χ4v) is 2.28. The molecule has 1 saturated heterocycles. The number of amides is 1. The number of hydrogen-bond donors (Lipinski definition) is 2. The number of carbonyl (C=O) groups excluding carboxylic acids is 1. The van der Waals surface area contributed by atoms with Crippen LogP contribution in [0.1, 0.15) is 33.1 Å². The fourth-order valence-electron chi connectivity index (χ4n) is 2.28. The van der Waals surface area contributed by atoms with Crippen LogP contribution in [-0.2, 0) is 4.79 Å². The molecule has 0 bridgehead atoms. The number of rotatable bonds is 4. The van der Waals surface area contributed by atoms with Gasteiger partial charge in [0.25, 0.3) is 0 Å². The number of nitrogens with one attached hydrogen (secondary N) is 1. The topological polar surface area (TPSA) is 71.2 Å². The van der Waals surface area contributed by atoms with Gasteiger partial charge in [-0.15, -0.1) is 0 Å². The molecule has 1 aliphatic heterocycles. The van der Waals surface area contributed by atoms with Gasteiger partial charge in [-0.1, -0.05) is 6.92 Å². The molecule has 1 amide bonds. The number of nitrogens with two attached hydrogens (primary N) is 1. The van der Waals surface area contributed by atoms with E-state index < -0.39 is 0 Å². The van der Waals surface area contributed by atoms with E-state index in [0.29, 0.717) is 5.82 Å². The molecule has 0 aromatic carbocycles. The van der Waals surface area contributed by atoms with E-state index in [1.54, 1.807) is 0 Å². The summed E-state index contributed by atoms with van der Waals surface area (Å²) >= 11 is 0. The van der Waals surface area contributed by atoms with E-state index in [2.05, 4.69) is 15.2 Å². The van der Waals surface area contributed by atoms with Crippen LogP contribution in [0.15, 0.2) is 18.3 Å². The Labute approximate surface area is 120 Å². The summed E-state index contributed by atoms with van der Waals surface area (Å²) in [5.74, 6) is 0.278. The molecule has 1 aromatic rings. The lowest BCUT2D eigenvalue weighted by Crippen LogP contribution is -2.34. The van der Waals surface area contributed by atoms with Crippen molar-refractivity contribution in [2.45, 2.75) is 39.2 Å². The van der Waals surface area contributed by atoms with Crippen LogP contribution in [0.25, 0.3) is 0 Å². The van der Waals surface area contributed by atoms with Crippen LogP contribution in [0.4, 0.5) is 11.5 Å². The first-order chi connectivity index (χ1) is 9.58. The third-order valence-electron chi connectivity index (χ3n) is 3.92. The summed E-state index contributed by atoms with van der Waals surface area (Å²) in [5.41, 5.74) is 6.85. The third-order valence-corrected chi connectivity index (χ3v) is 3.92. The lowest BCUT2D eigenvalue weighted by Gasteiger charge is -2.28. The van der Waals surface area contributed by atoms with E-state index in [1.165, 1.54) is 19.3 Å². The molecule has 5 heteroatoms. The maximum Gasteiger partial charge on any atom is 0.229 e. The molecule has 1 aliphatic rings. The van der Waals surface area contributed by atoms with E-state index in [1.807, 2.05) is 32.2 Å². The minimum absolute atomic E-state index is 0.0850. The molecule has 1 aromatic heterocycles. The van der Waals surface area contributed by atoms with E-state index in [-0.39, 0.29) is 17.9 Å². The summed E-state index contributed by atoms with van der Waals surface area (Å²) in [6.07, 6.45) is 5.62. The second-order valence-electron chi connectivity index (χ2n) is 5.59. The second-order valence-corrected chi connectivity index (χ2v) is 5.59. The SMILES string of the molecule is CC(N)C(C)C(=O)Nc1ccc(N2CCCCC2)cn1. The number of aromatic nitrogens is 1. The van der Waals surface area contributed by atoms with Gasteiger partial charge in [0.05, 0.1) is 17.8 Å². The van der Waals surface area contributed by atoms with Crippen LogP contribution in [-0.4, -0.2) is 30.0 Å². The van der Waals surface area contributed by atoms with Crippen LogP contribution < -0.4 is 16.0 Å². The number of piperidine rings is 1. The Balaban J connectivity index is 1.96. The highest BCUT2D eigenvalue weighted by atomic mass is 16.1. The number of carbonyl (C=O) groups is 1. The van der Waals surface area contributed by atoms with Gasteiger partial charge in [-0.25, -0.2) is 4.98 Å². The first kappa shape index (κ1) is 14.8. The predicted molar refractivity (Wildman–Crippen MR) is 81.7 cm³/mol. The first-order valence-corrected chi connectivity index (χ1v) is 7.35. The highest BCUT2D eigenvalue weighted by Crippen LogP contribution is 2.20. The fraction of sp³-hybridized carbons (Fsp3) is 0.600. The first-order valence-electron chi connectivity index (χ1n) is 7.35. The molecule has 20 heavy (non-hydrogen) atoms. The molecule has 2 atom stereocenters. The predicted octanol–water partition coefficient (Wildman–Crippen LogP) is 1.99. The number of pyridine rings is 1. The van der Waals surface area contributed by atoms with Crippen molar-refractivity contribution in [2.24, 2.45) is 11.7 Å². The average Bonchev–Trinajstić information content (AvgIpc) is 2.48. The van der Waals surface area contributed by atoms with Crippen molar-refractivity contribution >= 4 is 17.4 Å². The summed E-state index contributed by atoms with van der Waals surface area (Å²) in [7, 11) is 0. The third kappa shape index (κ3) is 3.70. The maximum absolute atomic E-state index is 11.9. The molecule has 1 fully saturated rings. The van der Waals surface area contributed by atoms with Crippen LogP contribution in [0.3, 0.4) is 0 Å². The molecule has 0 aliphatic carbocycles. The lowest BCUT2D eigenvalue weighted by atomic mass is 10.0. The van der Waals surface area contributed by atoms with Gasteiger partial charge in [-0.3, -0.25) is 4.79 Å². The molecule has 2 rings (SSSR count). The quantitative estimate of drug-likeness (QED) is 0.882. The summed E-state index contributed by atoms with van der Waals surface area (Å²) in [6.45, 7) is 5.84. The van der Waals surface area contributed by atoms with Crippen LogP contribution in [0, 0.1) is 5.92 Å². The van der Waals surface area contributed by atoms with Gasteiger partial charge >= 0.3 is 0 Å². The van der Waals surface area contributed by atoms with E-state index >= 15 is 0 Å². The van der Waals surface area contributed by atoms with Crippen LogP contribution >= 0.6 is 0 Å². The maximum atomic E-state index is 11.9. The zero-order valence-electron chi connectivity index (χ0n) is 12.3. The summed E-state index contributed by atoms with van der Waals surface area (Å²) < 4.78 is 0. The zero-order valence-corrected chi connectivity index (χ0v) is 12.3. The van der Waals surface area contributed by atoms with Gasteiger partial charge in [0.15, 0.2) is 0 Å². The minimum atomic E-state index is -0.224. The van der Waals surface area contributed by atoms with Gasteiger partial charge in [-0.2, -0.15) is 0 Å². The molecule has 2 unspecified atom stereocenters. The molecular weight excluding hydrogens is 252 g/mol. The summed E-state index contributed by atoms with van der Waals surface area (Å²) in [6, 6.07) is 3.71. The Morgan fingerprint density at radius 2 is 2.00 bits per heavy atom. The van der Waals surface area contributed by atoms with Crippen molar-refractivity contribution in [3.63, 3.8) is 0 Å². The monoisotopic (exact) mass is 276 g/mol. The van der Waals surface area contributed by atoms with Gasteiger partial charge in [0, 0.05) is 19.1 Å². The highest BCUT2D eigenvalue weighted by Gasteiger charge is 2.17. The van der Waals surface area contributed by atoms with Gasteiger partial charge in [0.1, 0.15) is 5.82 Å². The van der Waals surface area contributed by atoms with Gasteiger partial charge in [0.2, 0.25) is 5.91 Å². The molecular formula is C15H24N4O. The minimum Gasteiger partial charge on any atom is -0.370 e. The van der Waals surface area contributed by atoms with Crippen LogP contribution in [0.2, 0.25) is 0 Å². The Morgan fingerprint density at radius 3 is 2.55 bits per heavy atom. The van der Waals surface area contributed by atoms with Crippen LogP contribution in [0.5, 0.6) is 0 Å². The molecule has 110 valence electrons. The summed E-state index contributed by atoms with van der Waals surface area (Å²) in [4.78, 5) is 18.6. The van der Waals surface area contributed by atoms with E-state index in [4.69, 9.17) is 5.73 Å². The Morgan fingerprint density at radius 1 is 1.30 bits per heavy atom. The Bertz CT molecular complexity index is 438. The number of anilines is 2. The Kier molecular flexibility index (Phi) is 4.95. The normalized spacial score (nSPS) is 18.4. The van der Waals surface area contributed by atoms with Crippen molar-refractivity contribution < 1.29 is 4.79 Å². The van der Waals surface area contributed by atoms with E-state index in [9.17, 15) is 4.79 Å². The molecule has 3 N–H and O–H groups in total. The zero-order chi connectivity index (χ0) is 14.5. The molecule has 5 nitrogen and oxygen atoms in total. The van der Waals surface area contributed by atoms with Gasteiger partial charge in [-0.05, 0) is 38.3 Å². The van der Waals surface area contributed by atoms with Crippen molar-refractivity contribution in [3.05, 3.63) is 18.3 Å². The van der Waals surface area contributed by atoms with Crippen molar-refractivity contribution in [1.82, 2.24) is 4.98 Å². The van der Waals surface area contributed by atoms with Crippen molar-refractivity contribution in [1.29, 1.82) is 0 Å². The highest BCUT2D eigenvalue weighted by molar-refractivity contribution is 5.91. The molecule has 0 saturated carbocycles. The Hall–Kier alpha value is -1.62. The standard InChI is InChI=1S/C15H24N4O/c1-11(12(2)16)15(20)18-14-7-6-13(10-17-14)19-8-4-3-5-9-19/h6-7,10-12H,3-5,8-9,16H2,1-2H3,(H,17,18,20). The lowest BCUT2D eigenvalue weighted by molar-refractivity contribution is -0.119. The van der Waals surface area contributed by atoms with Crippen molar-refractivity contribution in [3.8, 4) is 0 Å². The van der Waals surface area contributed by atoms with Crippen molar-refractivity contribution in [2.75, 3.05) is 23.3 Å². The van der Waals surface area contributed by atoms with Gasteiger partial charge < -0.3 is 16.0 Å². The summed E-state index contributed by atoms with van der Waals surface area (Å²) in [5, 5.41) is 2.80. The molecule has 2 heterocycles. The number of hydrogen-bond acceptors (Lipinski definition) is 4. The molecule has 0 radical (unpaired) electrons. The largest absolute Gasteiger partial charge is 0.370 e. The average molecular weight is 276 g/mol.